The second-order valence-electron chi connectivity index (χ2n) is 6.78. The van der Waals surface area contributed by atoms with E-state index in [0.717, 1.165) is 25.9 Å². The van der Waals surface area contributed by atoms with Gasteiger partial charge < -0.3 is 15.7 Å². The van der Waals surface area contributed by atoms with Gasteiger partial charge in [-0.1, -0.05) is 0 Å². The van der Waals surface area contributed by atoms with E-state index < -0.39 is 11.1 Å². The van der Waals surface area contributed by atoms with Crippen molar-refractivity contribution in [1.82, 2.24) is 4.90 Å². The van der Waals surface area contributed by atoms with Gasteiger partial charge in [-0.15, -0.1) is 0 Å². The van der Waals surface area contributed by atoms with Gasteiger partial charge in [-0.2, -0.15) is 0 Å². The predicted molar refractivity (Wildman–Crippen MR) is 73.1 cm³/mol. The fraction of sp³-hybridized carbons (Fsp3) is 0.929. The first-order chi connectivity index (χ1) is 8.11. The summed E-state index contributed by atoms with van der Waals surface area (Å²) < 4.78 is 0. The molecule has 0 spiro atoms. The molecule has 0 aromatic heterocycles. The third-order valence-corrected chi connectivity index (χ3v) is 3.57. The van der Waals surface area contributed by atoms with Gasteiger partial charge in [-0.25, -0.2) is 0 Å². The minimum atomic E-state index is -0.868. The van der Waals surface area contributed by atoms with Crippen molar-refractivity contribution in [1.29, 1.82) is 0 Å². The van der Waals surface area contributed by atoms with E-state index in [-0.39, 0.29) is 11.8 Å². The second-order valence-corrected chi connectivity index (χ2v) is 6.78. The van der Waals surface area contributed by atoms with Crippen LogP contribution in [-0.2, 0) is 4.79 Å². The molecule has 0 unspecified atom stereocenters. The van der Waals surface area contributed by atoms with Crippen molar-refractivity contribution in [3.05, 3.63) is 0 Å². The van der Waals surface area contributed by atoms with E-state index in [4.69, 9.17) is 5.73 Å². The molecule has 1 atom stereocenters. The number of carbonyl (C=O) groups excluding carboxylic acids is 1. The standard InChI is InChI=1S/C14H28N2O2/c1-13(2,18)10-11(14(3,4)15)12(17)16-8-6-5-7-9-16/h11,18H,5-10,15H2,1-4H3/t11-/m1/s1. The normalized spacial score (nSPS) is 19.8. The van der Waals surface area contributed by atoms with E-state index in [1.54, 1.807) is 13.8 Å². The lowest BCUT2D eigenvalue weighted by atomic mass is 9.79. The van der Waals surface area contributed by atoms with E-state index >= 15 is 0 Å². The molecule has 18 heavy (non-hydrogen) atoms. The number of nitrogens with zero attached hydrogens (tertiary/aromatic N) is 1. The summed E-state index contributed by atoms with van der Waals surface area (Å²) in [6.45, 7) is 8.86. The highest BCUT2D eigenvalue weighted by atomic mass is 16.3. The highest BCUT2D eigenvalue weighted by Gasteiger charge is 2.38. The van der Waals surface area contributed by atoms with Gasteiger partial charge in [-0.3, -0.25) is 4.79 Å². The molecule has 4 heteroatoms. The average molecular weight is 256 g/mol. The Labute approximate surface area is 111 Å². The van der Waals surface area contributed by atoms with Crippen molar-refractivity contribution in [2.45, 2.75) is 64.5 Å². The van der Waals surface area contributed by atoms with Crippen LogP contribution >= 0.6 is 0 Å². The number of hydrogen-bond acceptors (Lipinski definition) is 3. The van der Waals surface area contributed by atoms with Crippen LogP contribution in [-0.4, -0.2) is 40.1 Å². The Morgan fingerprint density at radius 2 is 1.72 bits per heavy atom. The van der Waals surface area contributed by atoms with Crippen molar-refractivity contribution < 1.29 is 9.90 Å². The van der Waals surface area contributed by atoms with Crippen LogP contribution in [0.25, 0.3) is 0 Å². The van der Waals surface area contributed by atoms with E-state index in [2.05, 4.69) is 0 Å². The predicted octanol–water partition coefficient (Wildman–Crippen LogP) is 1.51. The Morgan fingerprint density at radius 1 is 1.22 bits per heavy atom. The van der Waals surface area contributed by atoms with Gasteiger partial charge in [0, 0.05) is 18.6 Å². The lowest BCUT2D eigenvalue weighted by Crippen LogP contribution is -2.53. The summed E-state index contributed by atoms with van der Waals surface area (Å²) in [6.07, 6.45) is 3.76. The molecule has 1 rings (SSSR count). The van der Waals surface area contributed by atoms with Crippen molar-refractivity contribution in [3.8, 4) is 0 Å². The maximum Gasteiger partial charge on any atom is 0.227 e. The molecule has 106 valence electrons. The largest absolute Gasteiger partial charge is 0.390 e. The monoisotopic (exact) mass is 256 g/mol. The molecule has 0 bridgehead atoms. The van der Waals surface area contributed by atoms with Crippen molar-refractivity contribution in [2.75, 3.05) is 13.1 Å². The molecule has 1 fully saturated rings. The number of likely N-dealkylation sites (tertiary alicyclic amines) is 1. The summed E-state index contributed by atoms with van der Waals surface area (Å²) >= 11 is 0. The Bertz CT molecular complexity index is 283. The third kappa shape index (κ3) is 4.58. The second kappa shape index (κ2) is 5.57. The number of carbonyl (C=O) groups is 1. The highest BCUT2D eigenvalue weighted by molar-refractivity contribution is 5.80. The number of amides is 1. The Morgan fingerprint density at radius 3 is 2.11 bits per heavy atom. The summed E-state index contributed by atoms with van der Waals surface area (Å²) in [5, 5.41) is 9.97. The Kier molecular flexibility index (Phi) is 4.78. The Hall–Kier alpha value is -0.610. The maximum atomic E-state index is 12.6. The smallest absolute Gasteiger partial charge is 0.227 e. The van der Waals surface area contributed by atoms with Crippen LogP contribution in [0.5, 0.6) is 0 Å². The molecule has 1 aliphatic rings. The molecular formula is C14H28N2O2. The zero-order valence-corrected chi connectivity index (χ0v) is 12.2. The van der Waals surface area contributed by atoms with Crippen molar-refractivity contribution in [3.63, 3.8) is 0 Å². The van der Waals surface area contributed by atoms with E-state index in [0.29, 0.717) is 6.42 Å². The minimum absolute atomic E-state index is 0.101. The van der Waals surface area contributed by atoms with Crippen LogP contribution in [0.3, 0.4) is 0 Å². The quantitative estimate of drug-likeness (QED) is 0.801. The van der Waals surface area contributed by atoms with Gasteiger partial charge in [0.1, 0.15) is 0 Å². The van der Waals surface area contributed by atoms with Crippen molar-refractivity contribution >= 4 is 5.91 Å². The fourth-order valence-electron chi connectivity index (χ4n) is 2.50. The molecular weight excluding hydrogens is 228 g/mol. The Balaban J connectivity index is 2.79. The molecule has 1 aliphatic heterocycles. The first-order valence-electron chi connectivity index (χ1n) is 6.91. The molecule has 1 amide bonds. The molecule has 0 aliphatic carbocycles. The molecule has 0 radical (unpaired) electrons. The molecule has 0 aromatic rings. The molecule has 1 heterocycles. The minimum Gasteiger partial charge on any atom is -0.390 e. The third-order valence-electron chi connectivity index (χ3n) is 3.57. The molecule has 4 nitrogen and oxygen atoms in total. The van der Waals surface area contributed by atoms with Crippen LogP contribution in [0.1, 0.15) is 53.4 Å². The summed E-state index contributed by atoms with van der Waals surface area (Å²) in [7, 11) is 0. The van der Waals surface area contributed by atoms with E-state index in [1.165, 1.54) is 6.42 Å². The lowest BCUT2D eigenvalue weighted by molar-refractivity contribution is -0.140. The highest BCUT2D eigenvalue weighted by Crippen LogP contribution is 2.27. The zero-order valence-electron chi connectivity index (χ0n) is 12.2. The van der Waals surface area contributed by atoms with Gasteiger partial charge in [0.25, 0.3) is 0 Å². The molecule has 1 saturated heterocycles. The summed E-state index contributed by atoms with van der Waals surface area (Å²) in [5.74, 6) is -0.222. The lowest BCUT2D eigenvalue weighted by Gasteiger charge is -2.38. The molecule has 0 aromatic carbocycles. The van der Waals surface area contributed by atoms with Gasteiger partial charge in [0.15, 0.2) is 0 Å². The SMILES string of the molecule is CC(C)(O)C[C@H](C(=O)N1CCCCC1)C(C)(C)N. The number of rotatable bonds is 4. The molecule has 3 N–H and O–H groups in total. The number of nitrogens with two attached hydrogens (primary N) is 1. The summed E-state index contributed by atoms with van der Waals surface area (Å²) in [4.78, 5) is 14.5. The molecule has 0 saturated carbocycles. The van der Waals surface area contributed by atoms with Gasteiger partial charge in [0.2, 0.25) is 5.91 Å². The van der Waals surface area contributed by atoms with Gasteiger partial charge in [0.05, 0.1) is 11.5 Å². The first-order valence-corrected chi connectivity index (χ1v) is 6.91. The maximum absolute atomic E-state index is 12.6. The van der Waals surface area contributed by atoms with Crippen LogP contribution in [0.4, 0.5) is 0 Å². The zero-order chi connectivity index (χ0) is 14.0. The number of piperidine rings is 1. The number of hydrogen-bond donors (Lipinski definition) is 2. The topological polar surface area (TPSA) is 66.6 Å². The fourth-order valence-corrected chi connectivity index (χ4v) is 2.50. The van der Waals surface area contributed by atoms with Crippen molar-refractivity contribution in [2.24, 2.45) is 11.7 Å². The summed E-state index contributed by atoms with van der Waals surface area (Å²) in [5.41, 5.74) is 4.66. The van der Waals surface area contributed by atoms with Crippen LogP contribution in [0.15, 0.2) is 0 Å². The van der Waals surface area contributed by atoms with Crippen LogP contribution in [0.2, 0.25) is 0 Å². The average Bonchev–Trinajstić information content (AvgIpc) is 2.24. The van der Waals surface area contributed by atoms with E-state index in [9.17, 15) is 9.90 Å². The van der Waals surface area contributed by atoms with E-state index in [1.807, 2.05) is 18.7 Å². The van der Waals surface area contributed by atoms with Crippen LogP contribution < -0.4 is 5.73 Å². The van der Waals surface area contributed by atoms with Gasteiger partial charge in [-0.05, 0) is 53.4 Å². The first kappa shape index (κ1) is 15.4. The number of aliphatic hydroxyl groups is 1. The summed E-state index contributed by atoms with van der Waals surface area (Å²) in [6, 6.07) is 0. The van der Waals surface area contributed by atoms with Gasteiger partial charge >= 0.3 is 0 Å². The van der Waals surface area contributed by atoms with Crippen LogP contribution in [0, 0.1) is 5.92 Å².